The Morgan fingerprint density at radius 3 is 2.50 bits per heavy atom. The topological polar surface area (TPSA) is 61.8 Å². The summed E-state index contributed by atoms with van der Waals surface area (Å²) < 4.78 is 5.73. The molecule has 0 aliphatic carbocycles. The van der Waals surface area contributed by atoms with Crippen molar-refractivity contribution in [3.05, 3.63) is 71.8 Å². The van der Waals surface area contributed by atoms with Gasteiger partial charge in [0.25, 0.3) is 5.91 Å². The third kappa shape index (κ3) is 4.91. The number of hydrogen-bond donors (Lipinski definition) is 2. The van der Waals surface area contributed by atoms with Gasteiger partial charge in [0, 0.05) is 18.7 Å². The van der Waals surface area contributed by atoms with Crippen LogP contribution < -0.4 is 5.32 Å². The molecule has 3 rings (SSSR count). The number of aliphatic hydroxyl groups is 1. The summed E-state index contributed by atoms with van der Waals surface area (Å²) in [5, 5.41) is 13.4. The van der Waals surface area contributed by atoms with Gasteiger partial charge in [0.05, 0.1) is 18.8 Å². The van der Waals surface area contributed by atoms with Crippen LogP contribution in [0.3, 0.4) is 0 Å². The molecular formula is C21H26N2O3. The number of ether oxygens (including phenoxy) is 1. The lowest BCUT2D eigenvalue weighted by molar-refractivity contribution is 0.0203. The Balaban J connectivity index is 1.46. The van der Waals surface area contributed by atoms with Gasteiger partial charge in [0.15, 0.2) is 0 Å². The quantitative estimate of drug-likeness (QED) is 0.795. The molecule has 5 heteroatoms. The highest BCUT2D eigenvalue weighted by Gasteiger charge is 2.37. The molecule has 2 aromatic rings. The average molecular weight is 354 g/mol. The van der Waals surface area contributed by atoms with E-state index < -0.39 is 6.10 Å². The van der Waals surface area contributed by atoms with Crippen LogP contribution in [0.25, 0.3) is 0 Å². The van der Waals surface area contributed by atoms with Gasteiger partial charge in [-0.15, -0.1) is 0 Å². The first-order chi connectivity index (χ1) is 12.6. The Hall–Kier alpha value is -2.21. The lowest BCUT2D eigenvalue weighted by Crippen LogP contribution is -2.46. The summed E-state index contributed by atoms with van der Waals surface area (Å²) in [4.78, 5) is 14.4. The zero-order valence-corrected chi connectivity index (χ0v) is 15.0. The molecule has 1 amide bonds. The van der Waals surface area contributed by atoms with Crippen LogP contribution in [0, 0.1) is 0 Å². The van der Waals surface area contributed by atoms with Crippen LogP contribution in [0.15, 0.2) is 60.7 Å². The maximum Gasteiger partial charge on any atom is 0.251 e. The first-order valence-electron chi connectivity index (χ1n) is 9.01. The van der Waals surface area contributed by atoms with E-state index in [0.29, 0.717) is 18.7 Å². The second-order valence-corrected chi connectivity index (χ2v) is 6.81. The molecule has 1 saturated heterocycles. The van der Waals surface area contributed by atoms with E-state index in [0.717, 1.165) is 13.0 Å². The Kier molecular flexibility index (Phi) is 6.39. The normalized spacial score (nSPS) is 22.5. The minimum Gasteiger partial charge on any atom is -0.388 e. The maximum atomic E-state index is 12.2. The van der Waals surface area contributed by atoms with E-state index in [9.17, 15) is 9.90 Å². The van der Waals surface area contributed by atoms with E-state index in [1.807, 2.05) is 43.4 Å². The van der Waals surface area contributed by atoms with Crippen molar-refractivity contribution in [3.8, 4) is 0 Å². The number of hydrogen-bond acceptors (Lipinski definition) is 4. The second kappa shape index (κ2) is 8.94. The van der Waals surface area contributed by atoms with Gasteiger partial charge in [-0.3, -0.25) is 4.79 Å². The van der Waals surface area contributed by atoms with Gasteiger partial charge in [-0.2, -0.15) is 0 Å². The van der Waals surface area contributed by atoms with Crippen LogP contribution in [0.4, 0.5) is 0 Å². The molecule has 1 aliphatic rings. The molecule has 3 atom stereocenters. The number of amides is 1. The molecule has 2 N–H and O–H groups in total. The molecule has 1 aliphatic heterocycles. The molecule has 26 heavy (non-hydrogen) atoms. The van der Waals surface area contributed by atoms with Crippen LogP contribution in [-0.2, 0) is 11.2 Å². The molecule has 0 aromatic heterocycles. The van der Waals surface area contributed by atoms with E-state index in [1.165, 1.54) is 5.56 Å². The number of aliphatic hydroxyl groups excluding tert-OH is 1. The largest absolute Gasteiger partial charge is 0.388 e. The standard InChI is InChI=1S/C21H26N2O3/c1-23(13-12-16-8-4-2-5-9-16)14-19-20(24)18(15-26-19)22-21(25)17-10-6-3-7-11-17/h2-11,18-20,24H,12-15H2,1H3,(H,22,25). The summed E-state index contributed by atoms with van der Waals surface area (Å²) in [6.45, 7) is 1.85. The highest BCUT2D eigenvalue weighted by atomic mass is 16.5. The minimum absolute atomic E-state index is 0.184. The summed E-state index contributed by atoms with van der Waals surface area (Å²) in [6.07, 6.45) is -0.0485. The Morgan fingerprint density at radius 2 is 1.81 bits per heavy atom. The molecule has 0 bridgehead atoms. The smallest absolute Gasteiger partial charge is 0.251 e. The van der Waals surface area contributed by atoms with Crippen LogP contribution >= 0.6 is 0 Å². The lowest BCUT2D eigenvalue weighted by atomic mass is 10.1. The predicted molar refractivity (Wildman–Crippen MR) is 101 cm³/mol. The first-order valence-corrected chi connectivity index (χ1v) is 9.01. The van der Waals surface area contributed by atoms with Crippen molar-refractivity contribution in [2.45, 2.75) is 24.7 Å². The molecule has 0 radical (unpaired) electrons. The maximum absolute atomic E-state index is 12.2. The van der Waals surface area contributed by atoms with Crippen molar-refractivity contribution < 1.29 is 14.6 Å². The predicted octanol–water partition coefficient (Wildman–Crippen LogP) is 1.72. The Bertz CT molecular complexity index is 693. The van der Waals surface area contributed by atoms with Crippen molar-refractivity contribution in [3.63, 3.8) is 0 Å². The molecule has 1 fully saturated rings. The van der Waals surface area contributed by atoms with E-state index in [-0.39, 0.29) is 18.1 Å². The fourth-order valence-electron chi connectivity index (χ4n) is 3.18. The SMILES string of the molecule is CN(CCc1ccccc1)CC1OCC(NC(=O)c2ccccc2)C1O. The highest BCUT2D eigenvalue weighted by molar-refractivity contribution is 5.94. The molecule has 5 nitrogen and oxygen atoms in total. The molecule has 0 saturated carbocycles. The molecule has 3 unspecified atom stereocenters. The third-order valence-corrected chi connectivity index (χ3v) is 4.75. The first kappa shape index (κ1) is 18.6. The van der Waals surface area contributed by atoms with Crippen molar-refractivity contribution in [1.29, 1.82) is 0 Å². The van der Waals surface area contributed by atoms with Gasteiger partial charge in [-0.25, -0.2) is 0 Å². The molecule has 2 aromatic carbocycles. The summed E-state index contributed by atoms with van der Waals surface area (Å²) >= 11 is 0. The number of benzene rings is 2. The summed E-state index contributed by atoms with van der Waals surface area (Å²) in [5.74, 6) is -0.184. The fraction of sp³-hybridized carbons (Fsp3) is 0.381. The third-order valence-electron chi connectivity index (χ3n) is 4.75. The zero-order chi connectivity index (χ0) is 18.4. The highest BCUT2D eigenvalue weighted by Crippen LogP contribution is 2.16. The van der Waals surface area contributed by atoms with Gasteiger partial charge in [0.1, 0.15) is 6.10 Å². The lowest BCUT2D eigenvalue weighted by Gasteiger charge is -2.23. The van der Waals surface area contributed by atoms with Crippen molar-refractivity contribution in [1.82, 2.24) is 10.2 Å². The number of likely N-dealkylation sites (N-methyl/N-ethyl adjacent to an activating group) is 1. The number of rotatable bonds is 7. The van der Waals surface area contributed by atoms with Crippen LogP contribution in [0.2, 0.25) is 0 Å². The van der Waals surface area contributed by atoms with Gasteiger partial charge in [-0.05, 0) is 31.2 Å². The van der Waals surface area contributed by atoms with Gasteiger partial charge >= 0.3 is 0 Å². The van der Waals surface area contributed by atoms with Gasteiger partial charge in [0.2, 0.25) is 0 Å². The van der Waals surface area contributed by atoms with Crippen LogP contribution in [-0.4, -0.2) is 60.9 Å². The van der Waals surface area contributed by atoms with E-state index >= 15 is 0 Å². The van der Waals surface area contributed by atoms with Crippen molar-refractivity contribution in [2.24, 2.45) is 0 Å². The summed E-state index contributed by atoms with van der Waals surface area (Å²) in [5.41, 5.74) is 1.88. The average Bonchev–Trinajstić information content (AvgIpc) is 3.01. The number of carbonyl (C=O) groups is 1. The second-order valence-electron chi connectivity index (χ2n) is 6.81. The van der Waals surface area contributed by atoms with Gasteiger partial charge in [-0.1, -0.05) is 48.5 Å². The van der Waals surface area contributed by atoms with Gasteiger partial charge < -0.3 is 20.1 Å². The van der Waals surface area contributed by atoms with Crippen LogP contribution in [0.1, 0.15) is 15.9 Å². The van der Waals surface area contributed by atoms with E-state index in [4.69, 9.17) is 4.74 Å². The van der Waals surface area contributed by atoms with E-state index in [1.54, 1.807) is 12.1 Å². The molecule has 138 valence electrons. The number of nitrogens with one attached hydrogen (secondary N) is 1. The number of nitrogens with zero attached hydrogens (tertiary/aromatic N) is 1. The van der Waals surface area contributed by atoms with Crippen molar-refractivity contribution >= 4 is 5.91 Å². The minimum atomic E-state index is -0.707. The summed E-state index contributed by atoms with van der Waals surface area (Å²) in [6, 6.07) is 19.0. The fourth-order valence-corrected chi connectivity index (χ4v) is 3.18. The van der Waals surface area contributed by atoms with E-state index in [2.05, 4.69) is 22.3 Å². The zero-order valence-electron chi connectivity index (χ0n) is 15.0. The van der Waals surface area contributed by atoms with Crippen LogP contribution in [0.5, 0.6) is 0 Å². The molecular weight excluding hydrogens is 328 g/mol. The monoisotopic (exact) mass is 354 g/mol. The molecule has 1 heterocycles. The van der Waals surface area contributed by atoms with Crippen molar-refractivity contribution in [2.75, 3.05) is 26.7 Å². The Labute approximate surface area is 154 Å². The summed E-state index contributed by atoms with van der Waals surface area (Å²) in [7, 11) is 2.02. The Morgan fingerprint density at radius 1 is 1.15 bits per heavy atom. The molecule has 0 spiro atoms. The number of carbonyl (C=O) groups excluding carboxylic acids is 1.